The second kappa shape index (κ2) is 7.46. The van der Waals surface area contributed by atoms with E-state index in [1.807, 2.05) is 36.4 Å². The Morgan fingerprint density at radius 3 is 2.71 bits per heavy atom. The van der Waals surface area contributed by atoms with Gasteiger partial charge in [0.1, 0.15) is 23.6 Å². The van der Waals surface area contributed by atoms with Crippen LogP contribution in [0.5, 0.6) is 11.5 Å². The number of nitrogens with one attached hydrogen (secondary N) is 1. The zero-order valence-corrected chi connectivity index (χ0v) is 13.4. The Balaban J connectivity index is 1.58. The van der Waals surface area contributed by atoms with Crippen LogP contribution < -0.4 is 14.8 Å². The molecule has 1 heterocycles. The fourth-order valence-corrected chi connectivity index (χ4v) is 2.45. The fourth-order valence-electron chi connectivity index (χ4n) is 2.45. The molecular formula is C19H18N2O3. The van der Waals surface area contributed by atoms with Gasteiger partial charge in [0, 0.05) is 11.6 Å². The molecule has 0 aliphatic carbocycles. The lowest BCUT2D eigenvalue weighted by Gasteiger charge is -2.11. The number of aromatic nitrogens is 1. The number of benzene rings is 2. The highest BCUT2D eigenvalue weighted by atomic mass is 16.5. The molecule has 0 fully saturated rings. The summed E-state index contributed by atoms with van der Waals surface area (Å²) in [6.45, 7) is 0.747. The van der Waals surface area contributed by atoms with E-state index in [0.717, 1.165) is 10.9 Å². The lowest BCUT2D eigenvalue weighted by atomic mass is 10.2. The van der Waals surface area contributed by atoms with Crippen LogP contribution in [-0.4, -0.2) is 31.2 Å². The van der Waals surface area contributed by atoms with Gasteiger partial charge in [-0.25, -0.2) is 0 Å². The van der Waals surface area contributed by atoms with Gasteiger partial charge in [0.15, 0.2) is 0 Å². The standard InChI is InChI=1S/C19H18N2O3/c1-23-16-9-3-2-8-15(16)19(22)21-12-13-24-17-10-4-6-14-7-5-11-20-18(14)17/h2-11H,12-13H2,1H3,(H,21,22). The van der Waals surface area contributed by atoms with Crippen LogP contribution in [0.15, 0.2) is 60.8 Å². The molecule has 0 radical (unpaired) electrons. The number of methoxy groups -OCH3 is 1. The summed E-state index contributed by atoms with van der Waals surface area (Å²) in [6, 6.07) is 16.8. The third kappa shape index (κ3) is 3.46. The number of hydrogen-bond acceptors (Lipinski definition) is 4. The fraction of sp³-hybridized carbons (Fsp3) is 0.158. The van der Waals surface area contributed by atoms with Crippen molar-refractivity contribution >= 4 is 16.8 Å². The molecule has 1 aromatic heterocycles. The molecule has 5 heteroatoms. The third-order valence-electron chi connectivity index (χ3n) is 3.59. The van der Waals surface area contributed by atoms with E-state index in [1.165, 1.54) is 0 Å². The zero-order valence-electron chi connectivity index (χ0n) is 13.4. The highest BCUT2D eigenvalue weighted by molar-refractivity contribution is 5.96. The molecule has 0 atom stereocenters. The van der Waals surface area contributed by atoms with Gasteiger partial charge in [0.25, 0.3) is 5.91 Å². The maximum Gasteiger partial charge on any atom is 0.255 e. The van der Waals surface area contributed by atoms with Gasteiger partial charge in [-0.15, -0.1) is 0 Å². The van der Waals surface area contributed by atoms with Crippen molar-refractivity contribution in [3.8, 4) is 11.5 Å². The second-order valence-electron chi connectivity index (χ2n) is 5.14. The summed E-state index contributed by atoms with van der Waals surface area (Å²) in [5.41, 5.74) is 1.32. The highest BCUT2D eigenvalue weighted by Gasteiger charge is 2.10. The summed E-state index contributed by atoms with van der Waals surface area (Å²) in [6.07, 6.45) is 1.73. The van der Waals surface area contributed by atoms with E-state index in [0.29, 0.717) is 30.2 Å². The summed E-state index contributed by atoms with van der Waals surface area (Å²) >= 11 is 0. The topological polar surface area (TPSA) is 60.5 Å². The van der Waals surface area contributed by atoms with E-state index < -0.39 is 0 Å². The van der Waals surface area contributed by atoms with Crippen molar-refractivity contribution in [2.45, 2.75) is 0 Å². The number of amides is 1. The maximum atomic E-state index is 12.2. The Bertz CT molecular complexity index is 843. The van der Waals surface area contributed by atoms with E-state index in [9.17, 15) is 4.79 Å². The molecule has 0 saturated heterocycles. The van der Waals surface area contributed by atoms with Gasteiger partial charge in [0.05, 0.1) is 19.2 Å². The average Bonchev–Trinajstić information content (AvgIpc) is 2.65. The number of nitrogens with zero attached hydrogens (tertiary/aromatic N) is 1. The predicted octanol–water partition coefficient (Wildman–Crippen LogP) is 3.05. The van der Waals surface area contributed by atoms with Gasteiger partial charge >= 0.3 is 0 Å². The Kier molecular flexibility index (Phi) is 4.91. The van der Waals surface area contributed by atoms with Crippen molar-refractivity contribution < 1.29 is 14.3 Å². The minimum Gasteiger partial charge on any atom is -0.496 e. The molecule has 24 heavy (non-hydrogen) atoms. The summed E-state index contributed by atoms with van der Waals surface area (Å²) < 4.78 is 10.9. The molecule has 0 aliphatic heterocycles. The number of rotatable bonds is 6. The van der Waals surface area contributed by atoms with Gasteiger partial charge < -0.3 is 14.8 Å². The number of carbonyl (C=O) groups is 1. The number of para-hydroxylation sites is 2. The molecule has 5 nitrogen and oxygen atoms in total. The highest BCUT2D eigenvalue weighted by Crippen LogP contribution is 2.22. The lowest BCUT2D eigenvalue weighted by molar-refractivity contribution is 0.0944. The molecule has 0 unspecified atom stereocenters. The molecular weight excluding hydrogens is 304 g/mol. The predicted molar refractivity (Wildman–Crippen MR) is 92.6 cm³/mol. The Labute approximate surface area is 140 Å². The molecule has 3 rings (SSSR count). The van der Waals surface area contributed by atoms with Crippen LogP contribution in [0.3, 0.4) is 0 Å². The first-order valence-electron chi connectivity index (χ1n) is 7.67. The number of hydrogen-bond donors (Lipinski definition) is 1. The first kappa shape index (κ1) is 15.8. The van der Waals surface area contributed by atoms with Gasteiger partial charge in [-0.1, -0.05) is 30.3 Å². The lowest BCUT2D eigenvalue weighted by Crippen LogP contribution is -2.28. The summed E-state index contributed by atoms with van der Waals surface area (Å²) in [5.74, 6) is 1.07. The molecule has 3 aromatic rings. The number of ether oxygens (including phenoxy) is 2. The molecule has 0 aliphatic rings. The number of carbonyl (C=O) groups excluding carboxylic acids is 1. The van der Waals surface area contributed by atoms with Crippen LogP contribution in [0.2, 0.25) is 0 Å². The minimum absolute atomic E-state index is 0.188. The number of pyridine rings is 1. The maximum absolute atomic E-state index is 12.2. The third-order valence-corrected chi connectivity index (χ3v) is 3.59. The molecule has 122 valence electrons. The molecule has 1 N–H and O–H groups in total. The Morgan fingerprint density at radius 2 is 1.83 bits per heavy atom. The van der Waals surface area contributed by atoms with E-state index in [1.54, 1.807) is 31.5 Å². The van der Waals surface area contributed by atoms with Crippen molar-refractivity contribution in [3.05, 3.63) is 66.4 Å². The van der Waals surface area contributed by atoms with Crippen LogP contribution in [0.4, 0.5) is 0 Å². The second-order valence-corrected chi connectivity index (χ2v) is 5.14. The molecule has 1 amide bonds. The van der Waals surface area contributed by atoms with Crippen LogP contribution in [0.1, 0.15) is 10.4 Å². The van der Waals surface area contributed by atoms with Crippen molar-refractivity contribution in [1.82, 2.24) is 10.3 Å². The smallest absolute Gasteiger partial charge is 0.255 e. The van der Waals surface area contributed by atoms with E-state index in [-0.39, 0.29) is 5.91 Å². The van der Waals surface area contributed by atoms with E-state index in [4.69, 9.17) is 9.47 Å². The normalized spacial score (nSPS) is 10.4. The Morgan fingerprint density at radius 1 is 1.04 bits per heavy atom. The van der Waals surface area contributed by atoms with Crippen molar-refractivity contribution in [1.29, 1.82) is 0 Å². The van der Waals surface area contributed by atoms with Crippen molar-refractivity contribution in [2.75, 3.05) is 20.3 Å². The van der Waals surface area contributed by atoms with Gasteiger partial charge in [0.2, 0.25) is 0 Å². The summed E-state index contributed by atoms with van der Waals surface area (Å²) in [7, 11) is 1.54. The van der Waals surface area contributed by atoms with E-state index in [2.05, 4.69) is 10.3 Å². The summed E-state index contributed by atoms with van der Waals surface area (Å²) in [4.78, 5) is 16.5. The van der Waals surface area contributed by atoms with Crippen LogP contribution >= 0.6 is 0 Å². The summed E-state index contributed by atoms with van der Waals surface area (Å²) in [5, 5.41) is 3.85. The number of fused-ring (bicyclic) bond motifs is 1. The minimum atomic E-state index is -0.188. The van der Waals surface area contributed by atoms with E-state index >= 15 is 0 Å². The molecule has 2 aromatic carbocycles. The molecule has 0 spiro atoms. The van der Waals surface area contributed by atoms with Crippen LogP contribution in [0.25, 0.3) is 10.9 Å². The first-order valence-corrected chi connectivity index (χ1v) is 7.67. The quantitative estimate of drug-likeness (QED) is 0.709. The van der Waals surface area contributed by atoms with Gasteiger partial charge in [-0.2, -0.15) is 0 Å². The van der Waals surface area contributed by atoms with Crippen LogP contribution in [0, 0.1) is 0 Å². The largest absolute Gasteiger partial charge is 0.496 e. The SMILES string of the molecule is COc1ccccc1C(=O)NCCOc1cccc2cccnc12. The molecule has 0 saturated carbocycles. The Hall–Kier alpha value is -3.08. The monoisotopic (exact) mass is 322 g/mol. The van der Waals surface area contributed by atoms with Crippen LogP contribution in [-0.2, 0) is 0 Å². The van der Waals surface area contributed by atoms with Gasteiger partial charge in [-0.05, 0) is 24.3 Å². The first-order chi connectivity index (χ1) is 11.8. The zero-order chi connectivity index (χ0) is 16.8. The van der Waals surface area contributed by atoms with Gasteiger partial charge in [-0.3, -0.25) is 9.78 Å². The average molecular weight is 322 g/mol. The molecule has 0 bridgehead atoms. The van der Waals surface area contributed by atoms with Crippen molar-refractivity contribution in [2.24, 2.45) is 0 Å². The van der Waals surface area contributed by atoms with Crippen molar-refractivity contribution in [3.63, 3.8) is 0 Å².